The average molecular weight is 624 g/mol. The predicted molar refractivity (Wildman–Crippen MR) is 148 cm³/mol. The second-order valence-electron chi connectivity index (χ2n) is 11.5. The molecule has 3 saturated heterocycles. The molecule has 0 amide bonds. The number of halogens is 6. The summed E-state index contributed by atoms with van der Waals surface area (Å²) in [5.74, 6) is -2.21. The second kappa shape index (κ2) is 10.4. The van der Waals surface area contributed by atoms with Crippen LogP contribution >= 0.6 is 11.3 Å². The first kappa shape index (κ1) is 28.5. The highest BCUT2D eigenvalue weighted by atomic mass is 32.1. The maximum Gasteiger partial charge on any atom is 0.417 e. The number of rotatable bonds is 6. The summed E-state index contributed by atoms with van der Waals surface area (Å²) in [6.45, 7) is 3.55. The Bertz CT molecular complexity index is 1720. The molecule has 5 heterocycles. The molecule has 2 aromatic carbocycles. The minimum absolute atomic E-state index is 0.00618. The maximum atomic E-state index is 16.5. The van der Waals surface area contributed by atoms with Crippen molar-refractivity contribution in [2.45, 2.75) is 62.6 Å². The average Bonchev–Trinajstić information content (AvgIpc) is 3.73. The molecule has 7 rings (SSSR count). The molecule has 0 spiro atoms. The molecule has 0 unspecified atom stereocenters. The normalized spacial score (nSPS) is 26.1. The smallest absolute Gasteiger partial charge is 0.417 e. The lowest BCUT2D eigenvalue weighted by Gasteiger charge is -2.30. The van der Waals surface area contributed by atoms with Gasteiger partial charge in [-0.05, 0) is 57.5 Å². The highest BCUT2D eigenvalue weighted by Crippen LogP contribution is 2.46. The van der Waals surface area contributed by atoms with E-state index in [0.29, 0.717) is 25.9 Å². The molecule has 0 aliphatic carbocycles. The standard InChI is InChI=1S/C29H27F6N5O2S/c1-14-20(5-7-36-14)42-26-17-9-18(29(33,34)35)21(16-3-4-19(31)25-24(16)37-13-43-25)22(32)23(17)38-27(39-26)41-12-28-6-2-8-40(28)11-15(30)10-28/h3-4,9,13-15,20,36H,2,5-8,10-12H2,1H3/t14-,15-,20-,28+/m1/s1. The van der Waals surface area contributed by atoms with E-state index >= 15 is 4.39 Å². The van der Waals surface area contributed by atoms with Gasteiger partial charge in [-0.3, -0.25) is 4.90 Å². The molecule has 4 atom stereocenters. The fourth-order valence-corrected chi connectivity index (χ4v) is 7.45. The van der Waals surface area contributed by atoms with Crippen LogP contribution in [-0.2, 0) is 6.18 Å². The number of nitrogens with one attached hydrogen (secondary N) is 1. The molecular formula is C29H27F6N5O2S. The van der Waals surface area contributed by atoms with Crippen LogP contribution in [-0.4, -0.2) is 69.9 Å². The molecule has 7 nitrogen and oxygen atoms in total. The van der Waals surface area contributed by atoms with Gasteiger partial charge in [0.2, 0.25) is 5.88 Å². The third-order valence-corrected chi connectivity index (χ3v) is 9.67. The van der Waals surface area contributed by atoms with Crippen LogP contribution in [0.15, 0.2) is 23.7 Å². The summed E-state index contributed by atoms with van der Waals surface area (Å²) in [7, 11) is 0. The van der Waals surface area contributed by atoms with Crippen molar-refractivity contribution in [2.24, 2.45) is 0 Å². The van der Waals surface area contributed by atoms with E-state index in [2.05, 4.69) is 20.3 Å². The number of alkyl halides is 4. The van der Waals surface area contributed by atoms with Crippen molar-refractivity contribution in [2.75, 3.05) is 26.2 Å². The van der Waals surface area contributed by atoms with Gasteiger partial charge in [-0.15, -0.1) is 11.3 Å². The van der Waals surface area contributed by atoms with Crippen molar-refractivity contribution >= 4 is 32.5 Å². The van der Waals surface area contributed by atoms with E-state index in [4.69, 9.17) is 9.47 Å². The van der Waals surface area contributed by atoms with Crippen LogP contribution in [0.1, 0.15) is 38.2 Å². The van der Waals surface area contributed by atoms with Crippen LogP contribution in [0.2, 0.25) is 0 Å². The molecule has 3 aliphatic heterocycles. The lowest BCUT2D eigenvalue weighted by Crippen LogP contribution is -2.43. The summed E-state index contributed by atoms with van der Waals surface area (Å²) in [6.07, 6.45) is -4.03. The van der Waals surface area contributed by atoms with Gasteiger partial charge in [0.05, 0.1) is 32.2 Å². The summed E-state index contributed by atoms with van der Waals surface area (Å²) in [5.41, 5.74) is -2.12. The Hall–Kier alpha value is -3.23. The van der Waals surface area contributed by atoms with E-state index in [1.807, 2.05) is 11.8 Å². The van der Waals surface area contributed by atoms with Gasteiger partial charge >= 0.3 is 12.2 Å². The number of aromatic nitrogens is 3. The maximum absolute atomic E-state index is 16.5. The van der Waals surface area contributed by atoms with Crippen molar-refractivity contribution in [3.63, 3.8) is 0 Å². The lowest BCUT2D eigenvalue weighted by molar-refractivity contribution is -0.137. The number of benzene rings is 2. The summed E-state index contributed by atoms with van der Waals surface area (Å²) in [4.78, 5) is 14.6. The summed E-state index contributed by atoms with van der Waals surface area (Å²) < 4.78 is 101. The molecule has 0 saturated carbocycles. The highest BCUT2D eigenvalue weighted by molar-refractivity contribution is 7.16. The first-order chi connectivity index (χ1) is 20.5. The van der Waals surface area contributed by atoms with Gasteiger partial charge in [-0.1, -0.05) is 0 Å². The number of fused-ring (bicyclic) bond motifs is 3. The van der Waals surface area contributed by atoms with Crippen LogP contribution in [0.25, 0.3) is 32.2 Å². The van der Waals surface area contributed by atoms with Gasteiger partial charge in [-0.25, -0.2) is 18.2 Å². The Morgan fingerprint density at radius 2 is 2.02 bits per heavy atom. The Kier molecular flexibility index (Phi) is 6.93. The number of thiazole rings is 1. The SMILES string of the molecule is C[C@H]1NCC[C@H]1Oc1nc(OC[C@@]23CCCN2C[C@H](F)C3)nc2c(F)c(-c3ccc(F)c4scnc34)c(C(F)(F)F)cc12. The van der Waals surface area contributed by atoms with E-state index in [9.17, 15) is 22.0 Å². The first-order valence-electron chi connectivity index (χ1n) is 14.1. The van der Waals surface area contributed by atoms with Crippen molar-refractivity contribution in [1.82, 2.24) is 25.2 Å². The van der Waals surface area contributed by atoms with Crippen LogP contribution in [0.4, 0.5) is 26.3 Å². The van der Waals surface area contributed by atoms with Crippen LogP contribution in [0.3, 0.4) is 0 Å². The first-order valence-corrected chi connectivity index (χ1v) is 15.0. The van der Waals surface area contributed by atoms with Crippen molar-refractivity contribution in [1.29, 1.82) is 0 Å². The summed E-state index contributed by atoms with van der Waals surface area (Å²) in [5, 5.41) is 2.93. The minimum Gasteiger partial charge on any atom is -0.472 e. The molecule has 0 radical (unpaired) electrons. The van der Waals surface area contributed by atoms with E-state index in [1.165, 1.54) is 5.51 Å². The monoisotopic (exact) mass is 623 g/mol. The predicted octanol–water partition coefficient (Wildman–Crippen LogP) is 6.29. The minimum atomic E-state index is -4.99. The third kappa shape index (κ3) is 4.87. The molecule has 43 heavy (non-hydrogen) atoms. The Morgan fingerprint density at radius 3 is 2.79 bits per heavy atom. The van der Waals surface area contributed by atoms with Crippen molar-refractivity contribution in [3.05, 3.63) is 40.9 Å². The lowest BCUT2D eigenvalue weighted by atomic mass is 9.95. The molecule has 3 aliphatic rings. The van der Waals surface area contributed by atoms with Crippen LogP contribution in [0.5, 0.6) is 11.9 Å². The van der Waals surface area contributed by atoms with Gasteiger partial charge in [0.1, 0.15) is 30.2 Å². The highest BCUT2D eigenvalue weighted by Gasteiger charge is 2.49. The number of hydrogen-bond acceptors (Lipinski definition) is 8. The molecular weight excluding hydrogens is 596 g/mol. The molecule has 3 fully saturated rings. The zero-order chi connectivity index (χ0) is 30.1. The Morgan fingerprint density at radius 1 is 1.19 bits per heavy atom. The molecule has 2 aromatic heterocycles. The van der Waals surface area contributed by atoms with Crippen molar-refractivity contribution in [3.8, 4) is 23.0 Å². The van der Waals surface area contributed by atoms with E-state index in [-0.39, 0.29) is 52.1 Å². The number of ether oxygens (including phenoxy) is 2. The zero-order valence-electron chi connectivity index (χ0n) is 23.0. The third-order valence-electron chi connectivity index (χ3n) is 8.83. The number of hydrogen-bond donors (Lipinski definition) is 1. The molecule has 14 heteroatoms. The van der Waals surface area contributed by atoms with Crippen molar-refractivity contribution < 1.29 is 35.8 Å². The van der Waals surface area contributed by atoms with E-state index in [1.54, 1.807) is 0 Å². The fraction of sp³-hybridized carbons (Fsp3) is 0.483. The van der Waals surface area contributed by atoms with E-state index < -0.39 is 52.3 Å². The largest absolute Gasteiger partial charge is 0.472 e. The fourth-order valence-electron chi connectivity index (χ4n) is 6.73. The zero-order valence-corrected chi connectivity index (χ0v) is 23.8. The van der Waals surface area contributed by atoms with E-state index in [0.717, 1.165) is 42.5 Å². The van der Waals surface area contributed by atoms with Gasteiger partial charge < -0.3 is 14.8 Å². The van der Waals surface area contributed by atoms with Gasteiger partial charge in [0, 0.05) is 30.1 Å². The number of nitrogens with zero attached hydrogens (tertiary/aromatic N) is 4. The Labute approximate surface area is 246 Å². The van der Waals surface area contributed by atoms with Gasteiger partial charge in [-0.2, -0.15) is 23.1 Å². The quantitative estimate of drug-likeness (QED) is 0.253. The van der Waals surface area contributed by atoms with Crippen LogP contribution < -0.4 is 14.8 Å². The Balaban J connectivity index is 1.40. The van der Waals surface area contributed by atoms with Gasteiger partial charge in [0.15, 0.2) is 5.82 Å². The van der Waals surface area contributed by atoms with Gasteiger partial charge in [0.25, 0.3) is 0 Å². The molecule has 1 N–H and O–H groups in total. The molecule has 228 valence electrons. The summed E-state index contributed by atoms with van der Waals surface area (Å²) in [6, 6.07) is 2.42. The second-order valence-corrected chi connectivity index (χ2v) is 12.3. The summed E-state index contributed by atoms with van der Waals surface area (Å²) >= 11 is 0.902. The topological polar surface area (TPSA) is 72.4 Å². The molecule has 4 aromatic rings. The van der Waals surface area contributed by atoms with Crippen LogP contribution in [0, 0.1) is 11.6 Å². The molecule has 0 bridgehead atoms.